The Morgan fingerprint density at radius 1 is 1.12 bits per heavy atom. The van der Waals surface area contributed by atoms with Crippen molar-refractivity contribution in [3.8, 4) is 0 Å². The van der Waals surface area contributed by atoms with Crippen molar-refractivity contribution in [3.63, 3.8) is 0 Å². The predicted molar refractivity (Wildman–Crippen MR) is 97.6 cm³/mol. The maximum Gasteiger partial charge on any atom is 0.255 e. The number of benzene rings is 1. The normalized spacial score (nSPS) is 14.2. The van der Waals surface area contributed by atoms with Crippen molar-refractivity contribution in [2.45, 2.75) is 19.3 Å². The summed E-state index contributed by atoms with van der Waals surface area (Å²) in [6.45, 7) is 6.20. The van der Waals surface area contributed by atoms with E-state index in [2.05, 4.69) is 16.5 Å². The Bertz CT molecular complexity index is 693. The quantitative estimate of drug-likeness (QED) is 0.780. The van der Waals surface area contributed by atoms with E-state index in [9.17, 15) is 4.79 Å². The molecule has 1 aromatic carbocycles. The van der Waals surface area contributed by atoms with Crippen molar-refractivity contribution in [1.82, 2.24) is 9.88 Å². The molecule has 24 heavy (non-hydrogen) atoms. The Labute approximate surface area is 143 Å². The van der Waals surface area contributed by atoms with Crippen LogP contribution in [0.3, 0.4) is 0 Å². The molecule has 1 aliphatic heterocycles. The van der Waals surface area contributed by atoms with Gasteiger partial charge in [-0.3, -0.25) is 9.78 Å². The van der Waals surface area contributed by atoms with Gasteiger partial charge in [0.25, 0.3) is 5.91 Å². The zero-order chi connectivity index (χ0) is 16.8. The molecule has 0 bridgehead atoms. The van der Waals surface area contributed by atoms with E-state index in [-0.39, 0.29) is 5.91 Å². The fourth-order valence-corrected chi connectivity index (χ4v) is 3.15. The summed E-state index contributed by atoms with van der Waals surface area (Å²) in [5.41, 5.74) is 2.67. The van der Waals surface area contributed by atoms with E-state index in [0.29, 0.717) is 6.54 Å². The molecule has 4 heteroatoms. The van der Waals surface area contributed by atoms with Crippen molar-refractivity contribution in [2.24, 2.45) is 0 Å². The second-order valence-corrected chi connectivity index (χ2v) is 5.97. The van der Waals surface area contributed by atoms with E-state index in [1.807, 2.05) is 47.4 Å². The first-order valence-electron chi connectivity index (χ1n) is 8.48. The number of likely N-dealkylation sites (tertiary alicyclic amines) is 1. The fourth-order valence-electron chi connectivity index (χ4n) is 3.15. The number of pyridine rings is 1. The van der Waals surface area contributed by atoms with Gasteiger partial charge in [0.1, 0.15) is 0 Å². The number of carbonyl (C=O) groups excluding carboxylic acids is 1. The summed E-state index contributed by atoms with van der Waals surface area (Å²) in [4.78, 5) is 21.2. The Hall–Kier alpha value is -2.62. The fraction of sp³-hybridized carbons (Fsp3) is 0.300. The van der Waals surface area contributed by atoms with Crippen LogP contribution in [0.5, 0.6) is 0 Å². The summed E-state index contributed by atoms with van der Waals surface area (Å²) in [6.07, 6.45) is 8.78. The largest absolute Gasteiger partial charge is 0.339 e. The molecule has 3 rings (SSSR count). The van der Waals surface area contributed by atoms with Crippen LogP contribution in [0.2, 0.25) is 0 Å². The van der Waals surface area contributed by atoms with Gasteiger partial charge in [-0.2, -0.15) is 0 Å². The monoisotopic (exact) mass is 321 g/mol. The molecule has 0 atom stereocenters. The second kappa shape index (κ2) is 7.77. The number of anilines is 2. The molecule has 124 valence electrons. The number of rotatable bonds is 5. The van der Waals surface area contributed by atoms with Crippen LogP contribution in [0.25, 0.3) is 0 Å². The van der Waals surface area contributed by atoms with Gasteiger partial charge in [0.15, 0.2) is 0 Å². The van der Waals surface area contributed by atoms with Crippen molar-refractivity contribution in [1.29, 1.82) is 0 Å². The molecule has 1 aromatic heterocycles. The molecule has 1 fully saturated rings. The lowest BCUT2D eigenvalue weighted by Gasteiger charge is -2.30. The number of amides is 1. The minimum absolute atomic E-state index is 0.119. The highest BCUT2D eigenvalue weighted by molar-refractivity contribution is 6.00. The van der Waals surface area contributed by atoms with E-state index >= 15 is 0 Å². The van der Waals surface area contributed by atoms with Gasteiger partial charge in [-0.15, -0.1) is 6.58 Å². The molecule has 4 nitrogen and oxygen atoms in total. The van der Waals surface area contributed by atoms with Crippen LogP contribution in [0.4, 0.5) is 11.4 Å². The Kier molecular flexibility index (Phi) is 5.26. The van der Waals surface area contributed by atoms with E-state index in [0.717, 1.165) is 42.9 Å². The Balaban J connectivity index is 1.97. The van der Waals surface area contributed by atoms with Crippen LogP contribution >= 0.6 is 0 Å². The number of hydrogen-bond acceptors (Lipinski definition) is 3. The van der Waals surface area contributed by atoms with Gasteiger partial charge in [0.2, 0.25) is 0 Å². The van der Waals surface area contributed by atoms with Gasteiger partial charge < -0.3 is 9.80 Å². The van der Waals surface area contributed by atoms with Crippen molar-refractivity contribution in [3.05, 3.63) is 67.0 Å². The summed E-state index contributed by atoms with van der Waals surface area (Å²) >= 11 is 0. The molecule has 2 aromatic rings. The zero-order valence-electron chi connectivity index (χ0n) is 13.9. The third-order valence-corrected chi connectivity index (χ3v) is 4.35. The number of para-hydroxylation sites is 1. The van der Waals surface area contributed by atoms with Crippen molar-refractivity contribution >= 4 is 17.3 Å². The van der Waals surface area contributed by atoms with Crippen LogP contribution in [0, 0.1) is 0 Å². The molecule has 0 N–H and O–H groups in total. The Morgan fingerprint density at radius 2 is 1.83 bits per heavy atom. The Morgan fingerprint density at radius 3 is 2.54 bits per heavy atom. The zero-order valence-corrected chi connectivity index (χ0v) is 13.9. The molecule has 0 radical (unpaired) electrons. The maximum atomic E-state index is 13.0. The average Bonchev–Trinajstić information content (AvgIpc) is 2.67. The third kappa shape index (κ3) is 3.48. The average molecular weight is 321 g/mol. The lowest BCUT2D eigenvalue weighted by Crippen LogP contribution is -2.36. The van der Waals surface area contributed by atoms with Gasteiger partial charge in [-0.05, 0) is 43.5 Å². The molecule has 2 heterocycles. The molecule has 1 saturated heterocycles. The summed E-state index contributed by atoms with van der Waals surface area (Å²) in [5.74, 6) is 0.119. The summed E-state index contributed by atoms with van der Waals surface area (Å²) in [6, 6.07) is 11.7. The van der Waals surface area contributed by atoms with Gasteiger partial charge in [0, 0.05) is 37.7 Å². The molecular formula is C20H23N3O. The molecular weight excluding hydrogens is 298 g/mol. The third-order valence-electron chi connectivity index (χ3n) is 4.35. The van der Waals surface area contributed by atoms with Crippen molar-refractivity contribution < 1.29 is 4.79 Å². The van der Waals surface area contributed by atoms with Gasteiger partial charge >= 0.3 is 0 Å². The summed E-state index contributed by atoms with van der Waals surface area (Å²) in [7, 11) is 0. The lowest BCUT2D eigenvalue weighted by atomic mass is 10.1. The van der Waals surface area contributed by atoms with Crippen LogP contribution in [-0.4, -0.2) is 35.4 Å². The first-order valence-corrected chi connectivity index (χ1v) is 8.48. The van der Waals surface area contributed by atoms with Crippen LogP contribution in [0.15, 0.2) is 61.4 Å². The van der Waals surface area contributed by atoms with E-state index in [1.165, 1.54) is 6.42 Å². The topological polar surface area (TPSA) is 36.4 Å². The minimum Gasteiger partial charge on any atom is -0.339 e. The molecule has 1 aliphatic rings. The number of aromatic nitrogens is 1. The number of nitrogens with zero attached hydrogens (tertiary/aromatic N) is 3. The van der Waals surface area contributed by atoms with Crippen LogP contribution in [0.1, 0.15) is 29.6 Å². The van der Waals surface area contributed by atoms with Crippen LogP contribution < -0.4 is 4.90 Å². The number of piperidine rings is 1. The predicted octanol–water partition coefficient (Wildman–Crippen LogP) is 4.03. The van der Waals surface area contributed by atoms with E-state index in [1.54, 1.807) is 12.4 Å². The number of hydrogen-bond donors (Lipinski definition) is 0. The van der Waals surface area contributed by atoms with E-state index < -0.39 is 0 Å². The SMILES string of the molecule is C=CCN(c1ccncc1)c1ccccc1C(=O)N1CCCCC1. The highest BCUT2D eigenvalue weighted by Gasteiger charge is 2.22. The van der Waals surface area contributed by atoms with Gasteiger partial charge in [-0.25, -0.2) is 0 Å². The summed E-state index contributed by atoms with van der Waals surface area (Å²) < 4.78 is 0. The van der Waals surface area contributed by atoms with Crippen molar-refractivity contribution in [2.75, 3.05) is 24.5 Å². The van der Waals surface area contributed by atoms with Gasteiger partial charge in [-0.1, -0.05) is 18.2 Å². The lowest BCUT2D eigenvalue weighted by molar-refractivity contribution is 0.0725. The number of carbonyl (C=O) groups is 1. The molecule has 0 saturated carbocycles. The summed E-state index contributed by atoms with van der Waals surface area (Å²) in [5, 5.41) is 0. The minimum atomic E-state index is 0.119. The standard InChI is InChI=1S/C20H23N3O/c1-2-14-23(17-10-12-21-13-11-17)19-9-5-4-8-18(19)20(24)22-15-6-3-7-16-22/h2,4-5,8-13H,1,3,6-7,14-16H2. The first kappa shape index (κ1) is 16.2. The van der Waals surface area contributed by atoms with E-state index in [4.69, 9.17) is 0 Å². The first-order chi connectivity index (χ1) is 11.8. The van der Waals surface area contributed by atoms with Crippen LogP contribution in [-0.2, 0) is 0 Å². The molecule has 0 aliphatic carbocycles. The second-order valence-electron chi connectivity index (χ2n) is 5.97. The van der Waals surface area contributed by atoms with Gasteiger partial charge in [0.05, 0.1) is 11.3 Å². The highest BCUT2D eigenvalue weighted by atomic mass is 16.2. The molecule has 0 spiro atoms. The highest BCUT2D eigenvalue weighted by Crippen LogP contribution is 2.29. The molecule has 1 amide bonds. The maximum absolute atomic E-state index is 13.0. The smallest absolute Gasteiger partial charge is 0.255 e. The molecule has 0 unspecified atom stereocenters.